The number of amides is 2. The second kappa shape index (κ2) is 7.11. The van der Waals surface area contributed by atoms with Crippen molar-refractivity contribution in [1.29, 1.82) is 0 Å². The molecular formula is C17H15FN2O. The molecule has 2 aromatic carbocycles. The van der Waals surface area contributed by atoms with Crippen molar-refractivity contribution in [2.45, 2.75) is 6.92 Å². The van der Waals surface area contributed by atoms with Crippen molar-refractivity contribution in [1.82, 2.24) is 5.32 Å². The van der Waals surface area contributed by atoms with Crippen molar-refractivity contribution in [3.8, 4) is 11.8 Å². The summed E-state index contributed by atoms with van der Waals surface area (Å²) in [6.45, 7) is 2.14. The number of halogens is 1. The molecule has 0 aliphatic carbocycles. The van der Waals surface area contributed by atoms with Crippen molar-refractivity contribution in [3.05, 3.63) is 65.5 Å². The lowest BCUT2D eigenvalue weighted by molar-refractivity contribution is 0.253. The Morgan fingerprint density at radius 3 is 2.57 bits per heavy atom. The molecule has 0 saturated heterocycles. The molecule has 2 N–H and O–H groups in total. The van der Waals surface area contributed by atoms with Crippen LogP contribution in [-0.4, -0.2) is 12.6 Å². The lowest BCUT2D eigenvalue weighted by atomic mass is 10.2. The minimum atomic E-state index is -0.308. The summed E-state index contributed by atoms with van der Waals surface area (Å²) in [6, 6.07) is 13.1. The SMILES string of the molecule is Cc1ccccc1NC(=O)NCC#Cc1ccc(F)cc1. The van der Waals surface area contributed by atoms with E-state index in [4.69, 9.17) is 0 Å². The predicted octanol–water partition coefficient (Wildman–Crippen LogP) is 3.31. The van der Waals surface area contributed by atoms with Gasteiger partial charge in [-0.3, -0.25) is 0 Å². The number of rotatable bonds is 2. The lowest BCUT2D eigenvalue weighted by Gasteiger charge is -2.07. The monoisotopic (exact) mass is 282 g/mol. The molecule has 3 nitrogen and oxygen atoms in total. The summed E-state index contributed by atoms with van der Waals surface area (Å²) in [4.78, 5) is 11.7. The molecule has 21 heavy (non-hydrogen) atoms. The van der Waals surface area contributed by atoms with E-state index in [9.17, 15) is 9.18 Å². The molecule has 0 fully saturated rings. The third-order valence-corrected chi connectivity index (χ3v) is 2.81. The van der Waals surface area contributed by atoms with Crippen molar-refractivity contribution in [2.24, 2.45) is 0 Å². The van der Waals surface area contributed by atoms with Crippen molar-refractivity contribution < 1.29 is 9.18 Å². The number of para-hydroxylation sites is 1. The van der Waals surface area contributed by atoms with Gasteiger partial charge in [-0.15, -0.1) is 0 Å². The van der Waals surface area contributed by atoms with Gasteiger partial charge in [-0.2, -0.15) is 0 Å². The van der Waals surface area contributed by atoms with E-state index in [0.717, 1.165) is 11.3 Å². The van der Waals surface area contributed by atoms with Crippen molar-refractivity contribution in [3.63, 3.8) is 0 Å². The summed E-state index contributed by atoms with van der Waals surface area (Å²) in [7, 11) is 0. The van der Waals surface area contributed by atoms with Crippen LogP contribution in [-0.2, 0) is 0 Å². The first-order chi connectivity index (χ1) is 10.1. The number of carbonyl (C=O) groups excluding carboxylic acids is 1. The van der Waals surface area contributed by atoms with Gasteiger partial charge in [0.05, 0.1) is 6.54 Å². The van der Waals surface area contributed by atoms with Gasteiger partial charge in [0.25, 0.3) is 0 Å². The summed E-state index contributed by atoms with van der Waals surface area (Å²) >= 11 is 0. The Hall–Kier alpha value is -2.80. The van der Waals surface area contributed by atoms with Crippen molar-refractivity contribution in [2.75, 3.05) is 11.9 Å². The van der Waals surface area contributed by atoms with E-state index in [1.54, 1.807) is 12.1 Å². The largest absolute Gasteiger partial charge is 0.327 e. The molecule has 0 aromatic heterocycles. The summed E-state index contributed by atoms with van der Waals surface area (Å²) in [5.41, 5.74) is 2.46. The van der Waals surface area contributed by atoms with E-state index in [2.05, 4.69) is 22.5 Å². The van der Waals surface area contributed by atoms with Crippen LogP contribution in [0.25, 0.3) is 0 Å². The fraction of sp³-hybridized carbons (Fsp3) is 0.118. The van der Waals surface area contributed by atoms with Gasteiger partial charge in [-0.1, -0.05) is 30.0 Å². The third kappa shape index (κ3) is 4.66. The minimum Gasteiger partial charge on any atom is -0.327 e. The number of hydrogen-bond acceptors (Lipinski definition) is 1. The Kier molecular flexibility index (Phi) is 4.94. The molecule has 0 radical (unpaired) electrons. The fourth-order valence-corrected chi connectivity index (χ4v) is 1.68. The third-order valence-electron chi connectivity index (χ3n) is 2.81. The molecule has 0 heterocycles. The average Bonchev–Trinajstić information content (AvgIpc) is 2.48. The van der Waals surface area contributed by atoms with Crippen molar-refractivity contribution >= 4 is 11.7 Å². The Morgan fingerprint density at radius 1 is 1.14 bits per heavy atom. The molecular weight excluding hydrogens is 267 g/mol. The number of hydrogen-bond donors (Lipinski definition) is 2. The highest BCUT2D eigenvalue weighted by Gasteiger charge is 2.01. The van der Waals surface area contributed by atoms with Gasteiger partial charge in [0.15, 0.2) is 0 Å². The van der Waals surface area contributed by atoms with Gasteiger partial charge in [0.1, 0.15) is 5.82 Å². The summed E-state index contributed by atoms with van der Waals surface area (Å²) in [5, 5.41) is 5.39. The molecule has 0 spiro atoms. The quantitative estimate of drug-likeness (QED) is 0.815. The zero-order chi connectivity index (χ0) is 15.1. The number of benzene rings is 2. The first kappa shape index (κ1) is 14.6. The first-order valence-corrected chi connectivity index (χ1v) is 6.50. The summed E-state index contributed by atoms with van der Waals surface area (Å²) in [6.07, 6.45) is 0. The van der Waals surface area contributed by atoms with Gasteiger partial charge >= 0.3 is 6.03 Å². The molecule has 0 atom stereocenters. The molecule has 2 aromatic rings. The number of aryl methyl sites for hydroxylation is 1. The van der Waals surface area contributed by atoms with E-state index in [-0.39, 0.29) is 18.4 Å². The van der Waals surface area contributed by atoms with Gasteiger partial charge in [0.2, 0.25) is 0 Å². The van der Waals surface area contributed by atoms with E-state index in [1.165, 1.54) is 12.1 Å². The predicted molar refractivity (Wildman–Crippen MR) is 81.5 cm³/mol. The Morgan fingerprint density at radius 2 is 1.86 bits per heavy atom. The highest BCUT2D eigenvalue weighted by Crippen LogP contribution is 2.12. The van der Waals surface area contributed by atoms with Crippen LogP contribution in [0.1, 0.15) is 11.1 Å². The van der Waals surface area contributed by atoms with Gasteiger partial charge in [-0.05, 0) is 42.8 Å². The average molecular weight is 282 g/mol. The zero-order valence-corrected chi connectivity index (χ0v) is 11.6. The standard InChI is InChI=1S/C17H15FN2O/c1-13-5-2-3-7-16(13)20-17(21)19-12-4-6-14-8-10-15(18)11-9-14/h2-3,5,7-11H,12H2,1H3,(H2,19,20,21). The van der Waals surface area contributed by atoms with E-state index >= 15 is 0 Å². The maximum atomic E-state index is 12.7. The van der Waals surface area contributed by atoms with Gasteiger partial charge in [-0.25, -0.2) is 9.18 Å². The fourth-order valence-electron chi connectivity index (χ4n) is 1.68. The first-order valence-electron chi connectivity index (χ1n) is 6.50. The molecule has 0 saturated carbocycles. The van der Waals surface area contributed by atoms with Crippen LogP contribution in [0, 0.1) is 24.6 Å². The van der Waals surface area contributed by atoms with Gasteiger partial charge in [0, 0.05) is 11.3 Å². The van der Waals surface area contributed by atoms with E-state index in [0.29, 0.717) is 5.56 Å². The Balaban J connectivity index is 1.82. The topological polar surface area (TPSA) is 41.1 Å². The van der Waals surface area contributed by atoms with Crippen LogP contribution in [0.3, 0.4) is 0 Å². The van der Waals surface area contributed by atoms with E-state index < -0.39 is 0 Å². The zero-order valence-electron chi connectivity index (χ0n) is 11.6. The van der Waals surface area contributed by atoms with Crippen LogP contribution >= 0.6 is 0 Å². The van der Waals surface area contributed by atoms with Crippen LogP contribution in [0.15, 0.2) is 48.5 Å². The Labute approximate surface area is 123 Å². The molecule has 106 valence electrons. The number of nitrogens with one attached hydrogen (secondary N) is 2. The summed E-state index contributed by atoms with van der Waals surface area (Å²) < 4.78 is 12.7. The second-order valence-corrected chi connectivity index (χ2v) is 4.43. The number of urea groups is 1. The molecule has 0 bridgehead atoms. The Bertz CT molecular complexity index is 684. The molecule has 2 amide bonds. The number of carbonyl (C=O) groups is 1. The highest BCUT2D eigenvalue weighted by molar-refractivity contribution is 5.90. The molecule has 0 aliphatic heterocycles. The van der Waals surface area contributed by atoms with Crippen LogP contribution in [0.4, 0.5) is 14.9 Å². The second-order valence-electron chi connectivity index (χ2n) is 4.43. The highest BCUT2D eigenvalue weighted by atomic mass is 19.1. The van der Waals surface area contributed by atoms with Crippen LogP contribution < -0.4 is 10.6 Å². The maximum Gasteiger partial charge on any atom is 0.320 e. The smallest absolute Gasteiger partial charge is 0.320 e. The van der Waals surface area contributed by atoms with E-state index in [1.807, 2.05) is 31.2 Å². The number of anilines is 1. The van der Waals surface area contributed by atoms with Crippen LogP contribution in [0.5, 0.6) is 0 Å². The minimum absolute atomic E-state index is 0.217. The molecule has 4 heteroatoms. The van der Waals surface area contributed by atoms with Gasteiger partial charge < -0.3 is 10.6 Å². The normalized spacial score (nSPS) is 9.43. The molecule has 0 unspecified atom stereocenters. The van der Waals surface area contributed by atoms with Crippen LogP contribution in [0.2, 0.25) is 0 Å². The molecule has 0 aliphatic rings. The molecule has 2 rings (SSSR count). The lowest BCUT2D eigenvalue weighted by Crippen LogP contribution is -2.29. The summed E-state index contributed by atoms with van der Waals surface area (Å²) in [5.74, 6) is 5.36. The maximum absolute atomic E-state index is 12.7.